The van der Waals surface area contributed by atoms with Crippen LogP contribution < -0.4 is 10.2 Å². The van der Waals surface area contributed by atoms with Gasteiger partial charge in [-0.25, -0.2) is 4.79 Å². The molecular formula is C20H24N2O5. The van der Waals surface area contributed by atoms with Crippen molar-refractivity contribution in [2.45, 2.75) is 57.4 Å². The minimum atomic E-state index is -0.981. The van der Waals surface area contributed by atoms with Gasteiger partial charge in [0.2, 0.25) is 11.8 Å². The van der Waals surface area contributed by atoms with Gasteiger partial charge in [0.1, 0.15) is 5.54 Å². The number of rotatable bonds is 5. The second-order valence-electron chi connectivity index (χ2n) is 6.99. The number of anilines is 1. The van der Waals surface area contributed by atoms with E-state index in [1.54, 1.807) is 31.2 Å². The normalized spacial score (nSPS) is 19.1. The van der Waals surface area contributed by atoms with E-state index in [2.05, 4.69) is 5.32 Å². The maximum Gasteiger partial charge on any atom is 0.331 e. The molecule has 1 saturated carbocycles. The van der Waals surface area contributed by atoms with Crippen molar-refractivity contribution in [2.24, 2.45) is 0 Å². The number of nitrogens with zero attached hydrogens (tertiary/aromatic N) is 1. The Bertz CT molecular complexity index is 734. The maximum atomic E-state index is 12.7. The van der Waals surface area contributed by atoms with E-state index >= 15 is 0 Å². The minimum absolute atomic E-state index is 0.211. The van der Waals surface area contributed by atoms with Gasteiger partial charge in [-0.1, -0.05) is 19.3 Å². The van der Waals surface area contributed by atoms with Crippen molar-refractivity contribution in [1.82, 2.24) is 5.32 Å². The molecule has 2 aliphatic rings. The summed E-state index contributed by atoms with van der Waals surface area (Å²) in [7, 11) is 0. The van der Waals surface area contributed by atoms with Crippen LogP contribution in [0.25, 0.3) is 0 Å². The average Bonchev–Trinajstić information content (AvgIpc) is 3.01. The first kappa shape index (κ1) is 19.1. The number of esters is 1. The fourth-order valence-electron chi connectivity index (χ4n) is 3.72. The molecule has 0 bridgehead atoms. The highest BCUT2D eigenvalue weighted by molar-refractivity contribution is 6.19. The standard InChI is InChI=1S/C20H24N2O5/c1-2-27-19(26)20(12-4-3-5-13-20)21-18(25)14-6-8-15(9-7-14)22-16(23)10-11-17(22)24/h6-9H,2-5,10-13H2,1H3,(H,21,25). The van der Waals surface area contributed by atoms with E-state index in [9.17, 15) is 19.2 Å². The Morgan fingerprint density at radius 3 is 2.19 bits per heavy atom. The summed E-state index contributed by atoms with van der Waals surface area (Å²) in [4.78, 5) is 50.0. The number of imide groups is 1. The number of carbonyl (C=O) groups is 4. The third-order valence-corrected chi connectivity index (χ3v) is 5.17. The van der Waals surface area contributed by atoms with Crippen LogP contribution in [0.1, 0.15) is 62.2 Å². The Morgan fingerprint density at radius 2 is 1.63 bits per heavy atom. The van der Waals surface area contributed by atoms with E-state index in [1.807, 2.05) is 0 Å². The Hall–Kier alpha value is -2.70. The molecule has 7 heteroatoms. The van der Waals surface area contributed by atoms with Crippen molar-refractivity contribution in [3.8, 4) is 0 Å². The molecule has 0 aromatic heterocycles. The van der Waals surface area contributed by atoms with Gasteiger partial charge in [-0.15, -0.1) is 0 Å². The van der Waals surface area contributed by atoms with Crippen LogP contribution in [0.5, 0.6) is 0 Å². The first-order valence-electron chi connectivity index (χ1n) is 9.42. The number of hydrogen-bond donors (Lipinski definition) is 1. The summed E-state index contributed by atoms with van der Waals surface area (Å²) in [6.07, 6.45) is 4.29. The van der Waals surface area contributed by atoms with Crippen LogP contribution in [0.4, 0.5) is 5.69 Å². The average molecular weight is 372 g/mol. The molecule has 1 aliphatic heterocycles. The highest BCUT2D eigenvalue weighted by Crippen LogP contribution is 2.30. The molecule has 2 fully saturated rings. The van der Waals surface area contributed by atoms with Crippen LogP contribution in [0.3, 0.4) is 0 Å². The zero-order chi connectivity index (χ0) is 19.4. The fraction of sp³-hybridized carbons (Fsp3) is 0.500. The van der Waals surface area contributed by atoms with Gasteiger partial charge in [0.15, 0.2) is 0 Å². The summed E-state index contributed by atoms with van der Waals surface area (Å²) < 4.78 is 5.20. The summed E-state index contributed by atoms with van der Waals surface area (Å²) in [5.41, 5.74) is -0.158. The Balaban J connectivity index is 1.75. The molecule has 0 unspecified atom stereocenters. The number of ether oxygens (including phenoxy) is 1. The lowest BCUT2D eigenvalue weighted by Gasteiger charge is -2.35. The van der Waals surface area contributed by atoms with E-state index in [0.29, 0.717) is 24.1 Å². The van der Waals surface area contributed by atoms with E-state index < -0.39 is 5.54 Å². The Kier molecular flexibility index (Phi) is 5.58. The molecule has 27 heavy (non-hydrogen) atoms. The van der Waals surface area contributed by atoms with Crippen LogP contribution in [-0.4, -0.2) is 35.8 Å². The molecule has 0 spiro atoms. The molecule has 1 saturated heterocycles. The SMILES string of the molecule is CCOC(=O)C1(NC(=O)c2ccc(N3C(=O)CCC3=O)cc2)CCCCC1. The Labute approximate surface area is 158 Å². The minimum Gasteiger partial charge on any atom is -0.464 e. The van der Waals surface area contributed by atoms with Crippen LogP contribution in [0.15, 0.2) is 24.3 Å². The van der Waals surface area contributed by atoms with Gasteiger partial charge in [-0.05, 0) is 44.0 Å². The largest absolute Gasteiger partial charge is 0.464 e. The van der Waals surface area contributed by atoms with Crippen LogP contribution in [0, 0.1) is 0 Å². The molecular weight excluding hydrogens is 348 g/mol. The van der Waals surface area contributed by atoms with Gasteiger partial charge in [-0.3, -0.25) is 19.3 Å². The predicted molar refractivity (Wildman–Crippen MR) is 98.1 cm³/mol. The first-order valence-corrected chi connectivity index (χ1v) is 9.42. The topological polar surface area (TPSA) is 92.8 Å². The zero-order valence-electron chi connectivity index (χ0n) is 15.5. The van der Waals surface area contributed by atoms with Crippen LogP contribution in [-0.2, 0) is 19.1 Å². The number of carbonyl (C=O) groups excluding carboxylic acids is 4. The fourth-order valence-corrected chi connectivity index (χ4v) is 3.72. The molecule has 144 valence electrons. The van der Waals surface area contributed by atoms with E-state index in [0.717, 1.165) is 24.2 Å². The lowest BCUT2D eigenvalue weighted by Crippen LogP contribution is -2.56. The number of amides is 3. The molecule has 3 amide bonds. The smallest absolute Gasteiger partial charge is 0.331 e. The van der Waals surface area contributed by atoms with Crippen molar-refractivity contribution in [1.29, 1.82) is 0 Å². The second kappa shape index (κ2) is 7.90. The quantitative estimate of drug-likeness (QED) is 0.633. The molecule has 0 atom stereocenters. The van der Waals surface area contributed by atoms with Gasteiger partial charge in [0.05, 0.1) is 12.3 Å². The van der Waals surface area contributed by atoms with E-state index in [-0.39, 0.29) is 43.1 Å². The third-order valence-electron chi connectivity index (χ3n) is 5.17. The van der Waals surface area contributed by atoms with Gasteiger partial charge >= 0.3 is 5.97 Å². The van der Waals surface area contributed by atoms with Crippen LogP contribution >= 0.6 is 0 Å². The molecule has 1 aliphatic carbocycles. The molecule has 1 aromatic carbocycles. The molecule has 1 aromatic rings. The maximum absolute atomic E-state index is 12.7. The molecule has 1 heterocycles. The Morgan fingerprint density at radius 1 is 1.04 bits per heavy atom. The molecule has 0 radical (unpaired) electrons. The van der Waals surface area contributed by atoms with Gasteiger partial charge < -0.3 is 10.1 Å². The van der Waals surface area contributed by atoms with Crippen molar-refractivity contribution in [3.05, 3.63) is 29.8 Å². The number of hydrogen-bond acceptors (Lipinski definition) is 5. The highest BCUT2D eigenvalue weighted by atomic mass is 16.5. The van der Waals surface area contributed by atoms with Crippen molar-refractivity contribution in [2.75, 3.05) is 11.5 Å². The second-order valence-corrected chi connectivity index (χ2v) is 6.99. The molecule has 7 nitrogen and oxygen atoms in total. The van der Waals surface area contributed by atoms with Gasteiger partial charge in [0.25, 0.3) is 5.91 Å². The highest BCUT2D eigenvalue weighted by Gasteiger charge is 2.42. The first-order chi connectivity index (χ1) is 13.0. The summed E-state index contributed by atoms with van der Waals surface area (Å²) in [5, 5.41) is 2.88. The predicted octanol–water partition coefficient (Wildman–Crippen LogP) is 2.34. The summed E-state index contributed by atoms with van der Waals surface area (Å²) in [6, 6.07) is 6.28. The number of benzene rings is 1. The van der Waals surface area contributed by atoms with Crippen molar-refractivity contribution in [3.63, 3.8) is 0 Å². The van der Waals surface area contributed by atoms with E-state index in [1.165, 1.54) is 0 Å². The lowest BCUT2D eigenvalue weighted by molar-refractivity contribution is -0.152. The number of nitrogens with one attached hydrogen (secondary N) is 1. The van der Waals surface area contributed by atoms with Crippen molar-refractivity contribution >= 4 is 29.4 Å². The summed E-state index contributed by atoms with van der Waals surface area (Å²) in [5.74, 6) is -1.22. The zero-order valence-corrected chi connectivity index (χ0v) is 15.5. The summed E-state index contributed by atoms with van der Waals surface area (Å²) in [6.45, 7) is 2.01. The van der Waals surface area contributed by atoms with Crippen molar-refractivity contribution < 1.29 is 23.9 Å². The molecule has 1 N–H and O–H groups in total. The van der Waals surface area contributed by atoms with Gasteiger partial charge in [0, 0.05) is 18.4 Å². The third kappa shape index (κ3) is 3.86. The lowest BCUT2D eigenvalue weighted by atomic mass is 9.81. The summed E-state index contributed by atoms with van der Waals surface area (Å²) >= 11 is 0. The van der Waals surface area contributed by atoms with Gasteiger partial charge in [-0.2, -0.15) is 0 Å². The monoisotopic (exact) mass is 372 g/mol. The van der Waals surface area contributed by atoms with Crippen LogP contribution in [0.2, 0.25) is 0 Å². The molecule has 3 rings (SSSR count). The van der Waals surface area contributed by atoms with E-state index in [4.69, 9.17) is 4.74 Å².